The molecule has 3 N–H and O–H groups in total. The van der Waals surface area contributed by atoms with E-state index in [1.54, 1.807) is 16.8 Å². The number of nitrogens with one attached hydrogen (secondary N) is 1. The van der Waals surface area contributed by atoms with Crippen molar-refractivity contribution in [2.75, 3.05) is 18.9 Å². The third kappa shape index (κ3) is 4.26. The van der Waals surface area contributed by atoms with E-state index in [2.05, 4.69) is 33.3 Å². The van der Waals surface area contributed by atoms with Crippen LogP contribution in [0, 0.1) is 5.82 Å². The minimum absolute atomic E-state index is 0.0327. The Morgan fingerprint density at radius 1 is 1.12 bits per heavy atom. The summed E-state index contributed by atoms with van der Waals surface area (Å²) < 4.78 is 22.8. The summed E-state index contributed by atoms with van der Waals surface area (Å²) in [5.74, 6) is 0.168. The molecular weight excluding hydrogens is 485 g/mol. The third-order valence-corrected chi connectivity index (χ3v) is 6.94. The molecule has 0 saturated carbocycles. The van der Waals surface area contributed by atoms with Gasteiger partial charge in [-0.1, -0.05) is 42.5 Å². The van der Waals surface area contributed by atoms with Gasteiger partial charge in [0.05, 0.1) is 16.4 Å². The van der Waals surface area contributed by atoms with Crippen LogP contribution >= 0.6 is 15.9 Å². The van der Waals surface area contributed by atoms with Gasteiger partial charge in [-0.2, -0.15) is 9.61 Å². The number of fused-ring (bicyclic) bond motifs is 1. The minimum Gasteiger partial charge on any atom is -0.383 e. The van der Waals surface area contributed by atoms with Gasteiger partial charge in [0.15, 0.2) is 5.65 Å². The molecule has 0 spiro atoms. The number of hydrogen-bond donors (Lipinski definition) is 2. The minimum atomic E-state index is -0.294. The van der Waals surface area contributed by atoms with E-state index in [1.165, 1.54) is 6.07 Å². The second-order valence-electron chi connectivity index (χ2n) is 8.33. The fourth-order valence-corrected chi connectivity index (χ4v) is 4.93. The first kappa shape index (κ1) is 22.0. The molecule has 1 aliphatic heterocycles. The molecule has 1 atom stereocenters. The van der Waals surface area contributed by atoms with Crippen molar-refractivity contribution in [3.8, 4) is 22.3 Å². The number of aromatic nitrogens is 3. The summed E-state index contributed by atoms with van der Waals surface area (Å²) in [6.07, 6.45) is 3.61. The number of halogens is 2. The average molecular weight is 510 g/mol. The highest BCUT2D eigenvalue weighted by atomic mass is 79.9. The Hall–Kier alpha value is -2.81. The van der Waals surface area contributed by atoms with Gasteiger partial charge in [0, 0.05) is 36.4 Å². The van der Waals surface area contributed by atoms with Crippen LogP contribution in [-0.2, 0) is 4.74 Å². The van der Waals surface area contributed by atoms with Crippen LogP contribution in [0.25, 0.3) is 27.9 Å². The highest BCUT2D eigenvalue weighted by Crippen LogP contribution is 2.34. The normalized spacial score (nSPS) is 15.7. The molecule has 2 aromatic carbocycles. The predicted molar refractivity (Wildman–Crippen MR) is 131 cm³/mol. The SMILES string of the molecule is CC(NC1CCOCC1)c1nc2c(-c3ccc(-c4ccccc4)c(F)c3)cnn2c(N)c1Br. The maximum absolute atomic E-state index is 15.0. The molecule has 170 valence electrons. The highest BCUT2D eigenvalue weighted by molar-refractivity contribution is 9.10. The summed E-state index contributed by atoms with van der Waals surface area (Å²) in [4.78, 5) is 4.90. The molecule has 33 heavy (non-hydrogen) atoms. The number of anilines is 1. The molecule has 8 heteroatoms. The van der Waals surface area contributed by atoms with Crippen molar-refractivity contribution in [1.29, 1.82) is 0 Å². The van der Waals surface area contributed by atoms with Gasteiger partial charge in [0.1, 0.15) is 11.6 Å². The van der Waals surface area contributed by atoms with E-state index in [1.807, 2.05) is 36.4 Å². The number of benzene rings is 2. The summed E-state index contributed by atoms with van der Waals surface area (Å²) in [6.45, 7) is 3.60. The van der Waals surface area contributed by atoms with E-state index in [9.17, 15) is 0 Å². The Morgan fingerprint density at radius 3 is 2.61 bits per heavy atom. The van der Waals surface area contributed by atoms with Crippen molar-refractivity contribution in [3.05, 3.63) is 70.7 Å². The van der Waals surface area contributed by atoms with Gasteiger partial charge in [-0.05, 0) is 52.9 Å². The van der Waals surface area contributed by atoms with Gasteiger partial charge < -0.3 is 15.8 Å². The van der Waals surface area contributed by atoms with Gasteiger partial charge in [0.25, 0.3) is 0 Å². The first-order valence-electron chi connectivity index (χ1n) is 11.0. The lowest BCUT2D eigenvalue weighted by atomic mass is 10.0. The molecular formula is C25H25BrFN5O. The predicted octanol–water partition coefficient (Wildman–Crippen LogP) is 5.38. The molecule has 3 heterocycles. The first-order chi connectivity index (χ1) is 16.0. The second-order valence-corrected chi connectivity index (χ2v) is 9.12. The Morgan fingerprint density at radius 2 is 1.88 bits per heavy atom. The van der Waals surface area contributed by atoms with Crippen molar-refractivity contribution >= 4 is 27.4 Å². The van der Waals surface area contributed by atoms with E-state index in [4.69, 9.17) is 15.5 Å². The molecule has 1 unspecified atom stereocenters. The maximum atomic E-state index is 15.0. The van der Waals surface area contributed by atoms with E-state index < -0.39 is 0 Å². The van der Waals surface area contributed by atoms with Crippen LogP contribution in [0.3, 0.4) is 0 Å². The van der Waals surface area contributed by atoms with Crippen LogP contribution < -0.4 is 11.1 Å². The number of rotatable bonds is 5. The lowest BCUT2D eigenvalue weighted by molar-refractivity contribution is 0.0753. The van der Waals surface area contributed by atoms with Crippen molar-refractivity contribution in [2.45, 2.75) is 31.8 Å². The third-order valence-electron chi connectivity index (χ3n) is 6.13. The molecule has 6 nitrogen and oxygen atoms in total. The maximum Gasteiger partial charge on any atom is 0.165 e. The molecule has 1 aliphatic rings. The topological polar surface area (TPSA) is 77.5 Å². The number of hydrogen-bond acceptors (Lipinski definition) is 5. The average Bonchev–Trinajstić information content (AvgIpc) is 3.26. The van der Waals surface area contributed by atoms with Crippen molar-refractivity contribution in [1.82, 2.24) is 19.9 Å². The molecule has 0 amide bonds. The van der Waals surface area contributed by atoms with E-state index in [0.717, 1.165) is 42.9 Å². The molecule has 2 aromatic heterocycles. The van der Waals surface area contributed by atoms with Crippen LogP contribution in [0.15, 0.2) is 59.2 Å². The number of nitrogens with two attached hydrogens (primary N) is 1. The van der Waals surface area contributed by atoms with Crippen molar-refractivity contribution in [2.24, 2.45) is 0 Å². The standard InChI is InChI=1S/C25H25BrFN5O/c1-15(30-18-9-11-33-12-10-18)23-22(26)24(28)32-25(31-23)20(14-29-32)17-7-8-19(21(27)13-17)16-5-3-2-4-6-16/h2-8,13-15,18,30H,9-12,28H2,1H3. The smallest absolute Gasteiger partial charge is 0.165 e. The second kappa shape index (κ2) is 9.21. The molecule has 5 rings (SSSR count). The molecule has 1 fully saturated rings. The summed E-state index contributed by atoms with van der Waals surface area (Å²) >= 11 is 3.61. The van der Waals surface area contributed by atoms with Crippen LogP contribution in [0.1, 0.15) is 31.5 Å². The van der Waals surface area contributed by atoms with E-state index in [-0.39, 0.29) is 11.9 Å². The highest BCUT2D eigenvalue weighted by Gasteiger charge is 2.23. The van der Waals surface area contributed by atoms with Gasteiger partial charge in [-0.3, -0.25) is 0 Å². The summed E-state index contributed by atoms with van der Waals surface area (Å²) in [5, 5.41) is 8.06. The Bertz CT molecular complexity index is 1290. The first-order valence-corrected chi connectivity index (χ1v) is 11.8. The lowest BCUT2D eigenvalue weighted by Gasteiger charge is -2.27. The lowest BCUT2D eigenvalue weighted by Crippen LogP contribution is -2.37. The molecule has 0 aliphatic carbocycles. The summed E-state index contributed by atoms with van der Waals surface area (Å²) in [6, 6.07) is 15.1. The van der Waals surface area contributed by atoms with Crippen LogP contribution in [0.5, 0.6) is 0 Å². The number of ether oxygens (including phenoxy) is 1. The zero-order chi connectivity index (χ0) is 22.9. The quantitative estimate of drug-likeness (QED) is 0.377. The summed E-state index contributed by atoms with van der Waals surface area (Å²) in [7, 11) is 0. The van der Waals surface area contributed by atoms with Crippen molar-refractivity contribution < 1.29 is 9.13 Å². The van der Waals surface area contributed by atoms with Crippen molar-refractivity contribution in [3.63, 3.8) is 0 Å². The molecule has 1 saturated heterocycles. The van der Waals surface area contributed by atoms with E-state index >= 15 is 4.39 Å². The largest absolute Gasteiger partial charge is 0.383 e. The van der Waals surface area contributed by atoms with Gasteiger partial charge >= 0.3 is 0 Å². The Balaban J connectivity index is 1.52. The fraction of sp³-hybridized carbons (Fsp3) is 0.280. The zero-order valence-corrected chi connectivity index (χ0v) is 19.8. The molecule has 0 bridgehead atoms. The number of nitrogen functional groups attached to an aromatic ring is 1. The summed E-state index contributed by atoms with van der Waals surface area (Å²) in [5.41, 5.74) is 10.6. The monoisotopic (exact) mass is 509 g/mol. The number of nitrogens with zero attached hydrogens (tertiary/aromatic N) is 3. The van der Waals surface area contributed by atoms with Gasteiger partial charge in [-0.25, -0.2) is 9.37 Å². The van der Waals surface area contributed by atoms with Crippen LogP contribution in [-0.4, -0.2) is 33.9 Å². The van der Waals surface area contributed by atoms with Gasteiger partial charge in [-0.15, -0.1) is 0 Å². The molecule has 0 radical (unpaired) electrons. The Labute approximate surface area is 200 Å². The Kier molecular flexibility index (Phi) is 6.14. The van der Waals surface area contributed by atoms with E-state index in [0.29, 0.717) is 33.1 Å². The van der Waals surface area contributed by atoms with Crippen LogP contribution in [0.4, 0.5) is 10.2 Å². The fourth-order valence-electron chi connectivity index (χ4n) is 4.33. The molecule has 4 aromatic rings. The van der Waals surface area contributed by atoms with Crippen LogP contribution in [0.2, 0.25) is 0 Å². The zero-order valence-electron chi connectivity index (χ0n) is 18.3. The van der Waals surface area contributed by atoms with Gasteiger partial charge in [0.2, 0.25) is 0 Å².